The molecule has 33 heavy (non-hydrogen) atoms. The van der Waals surface area contributed by atoms with E-state index in [1.54, 1.807) is 0 Å². The van der Waals surface area contributed by atoms with Crippen molar-refractivity contribution in [1.82, 2.24) is 19.4 Å². The van der Waals surface area contributed by atoms with Crippen LogP contribution in [0.3, 0.4) is 0 Å². The fourth-order valence-corrected chi connectivity index (χ4v) is 4.56. The van der Waals surface area contributed by atoms with Crippen LogP contribution in [-0.4, -0.2) is 44.7 Å². The molecule has 1 aliphatic rings. The smallest absolute Gasteiger partial charge is 0.152 e. The normalized spacial score (nSPS) is 16.4. The number of imidazole rings is 1. The molecule has 0 radical (unpaired) electrons. The molecule has 0 atom stereocenters. The second-order valence-corrected chi connectivity index (χ2v) is 9.83. The molecule has 0 unspecified atom stereocenters. The van der Waals surface area contributed by atoms with Crippen molar-refractivity contribution in [3.8, 4) is 11.3 Å². The number of benzene rings is 1. The van der Waals surface area contributed by atoms with Gasteiger partial charge in [0.05, 0.1) is 11.9 Å². The molecule has 4 rings (SSSR count). The van der Waals surface area contributed by atoms with Crippen molar-refractivity contribution < 1.29 is 4.39 Å². The number of allylic oxidation sites excluding steroid dienone is 1. The zero-order valence-corrected chi connectivity index (χ0v) is 20.4. The summed E-state index contributed by atoms with van der Waals surface area (Å²) in [5, 5.41) is 5.26. The van der Waals surface area contributed by atoms with Crippen LogP contribution < -0.4 is 5.32 Å². The van der Waals surface area contributed by atoms with Crippen LogP contribution in [0.25, 0.3) is 22.0 Å². The minimum atomic E-state index is -1.40. The third kappa shape index (κ3) is 5.27. The highest BCUT2D eigenvalue weighted by Crippen LogP contribution is 2.34. The largest absolute Gasteiger partial charge is 0.341 e. The number of aromatic nitrogens is 3. The molecule has 1 fully saturated rings. The molecule has 3 heterocycles. The zero-order valence-electron chi connectivity index (χ0n) is 20.4. The molecule has 0 spiro atoms. The minimum Gasteiger partial charge on any atom is -0.341 e. The van der Waals surface area contributed by atoms with Crippen LogP contribution in [0, 0.1) is 12.8 Å². The lowest BCUT2D eigenvalue weighted by Crippen LogP contribution is -2.44. The Morgan fingerprint density at radius 3 is 2.58 bits per heavy atom. The molecule has 0 saturated carbocycles. The average molecular weight is 450 g/mol. The van der Waals surface area contributed by atoms with Gasteiger partial charge in [-0.05, 0) is 62.6 Å². The van der Waals surface area contributed by atoms with Crippen LogP contribution in [0.15, 0.2) is 48.9 Å². The van der Waals surface area contributed by atoms with Crippen LogP contribution in [0.4, 0.5) is 10.2 Å². The van der Waals surface area contributed by atoms with Gasteiger partial charge in [-0.2, -0.15) is 0 Å². The first kappa shape index (κ1) is 23.4. The second-order valence-electron chi connectivity index (χ2n) is 9.83. The molecule has 2 aromatic heterocycles. The predicted molar refractivity (Wildman–Crippen MR) is 135 cm³/mol. The highest BCUT2D eigenvalue weighted by atomic mass is 19.1. The monoisotopic (exact) mass is 449 g/mol. The van der Waals surface area contributed by atoms with E-state index in [9.17, 15) is 0 Å². The zero-order chi connectivity index (χ0) is 23.6. The summed E-state index contributed by atoms with van der Waals surface area (Å²) in [6, 6.07) is 8.24. The number of fused-ring (bicyclic) bond motifs is 1. The number of nitrogens with one attached hydrogen (secondary N) is 1. The van der Waals surface area contributed by atoms with Gasteiger partial charge < -0.3 is 14.8 Å². The van der Waals surface area contributed by atoms with Crippen molar-refractivity contribution in [2.75, 3.05) is 25.0 Å². The number of hydrogen-bond donors (Lipinski definition) is 1. The summed E-state index contributed by atoms with van der Waals surface area (Å²) in [6.07, 6.45) is 7.06. The number of rotatable bonds is 8. The highest BCUT2D eigenvalue weighted by Gasteiger charge is 2.37. The average Bonchev–Trinajstić information content (AvgIpc) is 3.12. The van der Waals surface area contributed by atoms with E-state index in [-0.39, 0.29) is 0 Å². The Labute approximate surface area is 196 Å². The number of hydrogen-bond acceptors (Lipinski definition) is 4. The summed E-state index contributed by atoms with van der Waals surface area (Å²) >= 11 is 0. The molecule has 1 N–H and O–H groups in total. The van der Waals surface area contributed by atoms with Crippen molar-refractivity contribution in [3.63, 3.8) is 0 Å². The third-order valence-corrected chi connectivity index (χ3v) is 6.96. The number of aryl methyl sites for hydroxylation is 1. The van der Waals surface area contributed by atoms with Crippen LogP contribution >= 0.6 is 0 Å². The Hall–Kier alpha value is -2.73. The standard InChI is InChI=1S/C27H36FN5/c1-19(2)7-6-12-33-13-10-27(28,11-14-33)20(3)31-26-16-24-15-22(8-9-23(24)17-30-26)25-18-29-21(4)32(25)5/h8-9,15-19H,3,6-7,10-14H2,1-2,4-5H3,(H,30,31). The highest BCUT2D eigenvalue weighted by molar-refractivity contribution is 5.88. The van der Waals surface area contributed by atoms with Crippen molar-refractivity contribution in [2.24, 2.45) is 13.0 Å². The van der Waals surface area contributed by atoms with Crippen molar-refractivity contribution in [3.05, 3.63) is 54.8 Å². The Balaban J connectivity index is 1.43. The molecular weight excluding hydrogens is 413 g/mol. The third-order valence-electron chi connectivity index (χ3n) is 6.96. The summed E-state index contributed by atoms with van der Waals surface area (Å²) in [4.78, 5) is 11.3. The first-order valence-corrected chi connectivity index (χ1v) is 12.0. The van der Waals surface area contributed by atoms with E-state index in [0.717, 1.165) is 53.4 Å². The molecule has 3 aromatic rings. The summed E-state index contributed by atoms with van der Waals surface area (Å²) in [7, 11) is 2.02. The first-order valence-electron chi connectivity index (χ1n) is 12.0. The van der Waals surface area contributed by atoms with E-state index >= 15 is 4.39 Å². The van der Waals surface area contributed by atoms with Gasteiger partial charge in [0, 0.05) is 43.0 Å². The number of piperidine rings is 1. The SMILES string of the molecule is C=C(Nc1cc2cc(-c3cnc(C)n3C)ccc2cn1)C1(F)CCN(CCCC(C)C)CC1. The van der Waals surface area contributed by atoms with Crippen LogP contribution in [0.2, 0.25) is 0 Å². The molecular formula is C27H36FN5. The topological polar surface area (TPSA) is 46.0 Å². The van der Waals surface area contributed by atoms with E-state index in [1.165, 1.54) is 12.8 Å². The quantitative estimate of drug-likeness (QED) is 0.451. The van der Waals surface area contributed by atoms with E-state index in [4.69, 9.17) is 0 Å². The molecule has 1 saturated heterocycles. The maximum atomic E-state index is 15.7. The van der Waals surface area contributed by atoms with Crippen LogP contribution in [-0.2, 0) is 7.05 Å². The van der Waals surface area contributed by atoms with Gasteiger partial charge in [-0.25, -0.2) is 14.4 Å². The van der Waals surface area contributed by atoms with Crippen molar-refractivity contribution >= 4 is 16.6 Å². The van der Waals surface area contributed by atoms with Gasteiger partial charge in [0.1, 0.15) is 11.6 Å². The van der Waals surface area contributed by atoms with Crippen molar-refractivity contribution in [1.29, 1.82) is 0 Å². The van der Waals surface area contributed by atoms with E-state index in [0.29, 0.717) is 24.4 Å². The van der Waals surface area contributed by atoms with E-state index in [1.807, 2.05) is 32.4 Å². The lowest BCUT2D eigenvalue weighted by Gasteiger charge is -2.37. The van der Waals surface area contributed by atoms with Gasteiger partial charge in [-0.3, -0.25) is 0 Å². The van der Waals surface area contributed by atoms with Gasteiger partial charge in [0.15, 0.2) is 5.67 Å². The van der Waals surface area contributed by atoms with Gasteiger partial charge in [-0.15, -0.1) is 0 Å². The molecule has 6 heteroatoms. The van der Waals surface area contributed by atoms with Crippen LogP contribution in [0.1, 0.15) is 45.4 Å². The molecule has 1 aromatic carbocycles. The van der Waals surface area contributed by atoms with Gasteiger partial charge >= 0.3 is 0 Å². The summed E-state index contributed by atoms with van der Waals surface area (Å²) in [5.41, 5.74) is 1.16. The summed E-state index contributed by atoms with van der Waals surface area (Å²) < 4.78 is 17.8. The molecule has 0 amide bonds. The van der Waals surface area contributed by atoms with E-state index < -0.39 is 5.67 Å². The number of alkyl halides is 1. The number of pyridine rings is 1. The minimum absolute atomic E-state index is 0.412. The summed E-state index contributed by atoms with van der Waals surface area (Å²) in [6.45, 7) is 13.1. The Bertz CT molecular complexity index is 1120. The van der Waals surface area contributed by atoms with Crippen LogP contribution in [0.5, 0.6) is 0 Å². The number of nitrogens with zero attached hydrogens (tertiary/aromatic N) is 4. The lowest BCUT2D eigenvalue weighted by molar-refractivity contribution is 0.0875. The maximum absolute atomic E-state index is 15.7. The van der Waals surface area contributed by atoms with Gasteiger partial charge in [0.2, 0.25) is 0 Å². The number of anilines is 1. The Morgan fingerprint density at radius 1 is 1.15 bits per heavy atom. The molecule has 176 valence electrons. The molecule has 0 aliphatic carbocycles. The van der Waals surface area contributed by atoms with Gasteiger partial charge in [-0.1, -0.05) is 32.6 Å². The summed E-state index contributed by atoms with van der Waals surface area (Å²) in [5.74, 6) is 2.32. The molecule has 1 aliphatic heterocycles. The number of halogens is 1. The fourth-order valence-electron chi connectivity index (χ4n) is 4.56. The second kappa shape index (κ2) is 9.64. The van der Waals surface area contributed by atoms with Crippen molar-refractivity contribution in [2.45, 2.75) is 52.1 Å². The van der Waals surface area contributed by atoms with Gasteiger partial charge in [0.25, 0.3) is 0 Å². The molecule has 0 bridgehead atoms. The fraction of sp³-hybridized carbons (Fsp3) is 0.481. The predicted octanol–water partition coefficient (Wildman–Crippen LogP) is 6.11. The van der Waals surface area contributed by atoms with E-state index in [2.05, 4.69) is 63.4 Å². The number of likely N-dealkylation sites (tertiary alicyclic amines) is 1. The Morgan fingerprint density at radius 2 is 1.91 bits per heavy atom. The molecule has 5 nitrogen and oxygen atoms in total. The first-order chi connectivity index (χ1) is 15.7. The Kier molecular flexibility index (Phi) is 6.84. The maximum Gasteiger partial charge on any atom is 0.152 e. The lowest BCUT2D eigenvalue weighted by atomic mass is 9.90.